The van der Waals surface area contributed by atoms with E-state index in [-0.39, 0.29) is 0 Å². The molecule has 0 N–H and O–H groups in total. The lowest BCUT2D eigenvalue weighted by Gasteiger charge is -2.43. The molecule has 1 aliphatic heterocycles. The fourth-order valence-electron chi connectivity index (χ4n) is 2.68. The van der Waals surface area contributed by atoms with E-state index in [1.807, 2.05) is 0 Å². The first-order valence-corrected chi connectivity index (χ1v) is 6.75. The normalized spacial score (nSPS) is 23.2. The molecule has 1 aromatic carbocycles. The molecular formula is C15H24N2. The topological polar surface area (TPSA) is 6.48 Å². The highest BCUT2D eigenvalue weighted by atomic mass is 15.3. The number of hydrogen-bond donors (Lipinski definition) is 0. The van der Waals surface area contributed by atoms with Gasteiger partial charge in [-0.2, -0.15) is 0 Å². The minimum atomic E-state index is 0.567. The molecule has 1 heterocycles. The molecule has 0 saturated carbocycles. The molecule has 2 rings (SSSR count). The van der Waals surface area contributed by atoms with Crippen LogP contribution < -0.4 is 0 Å². The average Bonchev–Trinajstić information content (AvgIpc) is 2.39. The third-order valence-electron chi connectivity index (χ3n) is 3.84. The van der Waals surface area contributed by atoms with Crippen LogP contribution in [0.1, 0.15) is 32.4 Å². The van der Waals surface area contributed by atoms with Crippen molar-refractivity contribution >= 4 is 0 Å². The highest BCUT2D eigenvalue weighted by Gasteiger charge is 2.27. The molecule has 0 spiro atoms. The maximum Gasteiger partial charge on any atom is 0.0475 e. The molecule has 1 aromatic rings. The van der Waals surface area contributed by atoms with Gasteiger partial charge in [-0.25, -0.2) is 0 Å². The third-order valence-corrected chi connectivity index (χ3v) is 3.84. The van der Waals surface area contributed by atoms with Crippen molar-refractivity contribution in [3.8, 4) is 0 Å². The summed E-state index contributed by atoms with van der Waals surface area (Å²) in [5.74, 6) is 0. The Morgan fingerprint density at radius 2 is 1.88 bits per heavy atom. The van der Waals surface area contributed by atoms with Gasteiger partial charge in [-0.3, -0.25) is 9.80 Å². The van der Waals surface area contributed by atoms with Gasteiger partial charge in [-0.05, 0) is 26.0 Å². The van der Waals surface area contributed by atoms with E-state index in [9.17, 15) is 0 Å². The molecule has 0 amide bonds. The lowest BCUT2D eigenvalue weighted by Crippen LogP contribution is -2.50. The van der Waals surface area contributed by atoms with Crippen LogP contribution >= 0.6 is 0 Å². The van der Waals surface area contributed by atoms with Crippen molar-refractivity contribution in [3.63, 3.8) is 0 Å². The summed E-state index contributed by atoms with van der Waals surface area (Å²) in [7, 11) is 0. The Hall–Kier alpha value is -0.860. The van der Waals surface area contributed by atoms with Crippen molar-refractivity contribution < 1.29 is 0 Å². The summed E-state index contributed by atoms with van der Waals surface area (Å²) in [4.78, 5) is 5.18. The summed E-state index contributed by atoms with van der Waals surface area (Å²) in [6.07, 6.45) is 0. The summed E-state index contributed by atoms with van der Waals surface area (Å²) < 4.78 is 0. The zero-order chi connectivity index (χ0) is 12.3. The maximum absolute atomic E-state index is 2.59. The Morgan fingerprint density at radius 3 is 2.47 bits per heavy atom. The van der Waals surface area contributed by atoms with Gasteiger partial charge in [0.1, 0.15) is 0 Å². The van der Waals surface area contributed by atoms with Crippen molar-refractivity contribution in [1.82, 2.24) is 9.80 Å². The Labute approximate surface area is 105 Å². The summed E-state index contributed by atoms with van der Waals surface area (Å²) in [6, 6.07) is 12.1. The molecule has 2 nitrogen and oxygen atoms in total. The second-order valence-corrected chi connectivity index (χ2v) is 5.14. The largest absolute Gasteiger partial charge is 0.298 e. The monoisotopic (exact) mass is 232 g/mol. The minimum Gasteiger partial charge on any atom is -0.298 e. The summed E-state index contributed by atoms with van der Waals surface area (Å²) >= 11 is 0. The first kappa shape index (κ1) is 12.6. The zero-order valence-corrected chi connectivity index (χ0v) is 11.3. The Bertz CT molecular complexity index is 334. The van der Waals surface area contributed by atoms with Crippen LogP contribution in [0.25, 0.3) is 0 Å². The smallest absolute Gasteiger partial charge is 0.0475 e. The molecule has 1 unspecified atom stereocenters. The lowest BCUT2D eigenvalue weighted by atomic mass is 10.0. The van der Waals surface area contributed by atoms with E-state index in [0.717, 1.165) is 13.1 Å². The summed E-state index contributed by atoms with van der Waals surface area (Å²) in [5, 5.41) is 0. The second kappa shape index (κ2) is 5.65. The highest BCUT2D eigenvalue weighted by Crippen LogP contribution is 2.25. The first-order chi connectivity index (χ1) is 8.22. The van der Waals surface area contributed by atoms with Crippen LogP contribution in [0.15, 0.2) is 30.3 Å². The van der Waals surface area contributed by atoms with Crippen molar-refractivity contribution in [1.29, 1.82) is 0 Å². The quantitative estimate of drug-likeness (QED) is 0.790. The van der Waals surface area contributed by atoms with E-state index in [1.54, 1.807) is 0 Å². The van der Waals surface area contributed by atoms with Crippen LogP contribution in [0.5, 0.6) is 0 Å². The summed E-state index contributed by atoms with van der Waals surface area (Å²) in [5.41, 5.74) is 1.46. The van der Waals surface area contributed by atoms with Crippen LogP contribution in [0, 0.1) is 0 Å². The van der Waals surface area contributed by atoms with E-state index in [0.29, 0.717) is 12.1 Å². The van der Waals surface area contributed by atoms with Crippen LogP contribution in [0.4, 0.5) is 0 Å². The van der Waals surface area contributed by atoms with E-state index in [2.05, 4.69) is 60.9 Å². The average molecular weight is 232 g/mol. The molecule has 1 saturated heterocycles. The van der Waals surface area contributed by atoms with Crippen molar-refractivity contribution in [3.05, 3.63) is 35.9 Å². The number of rotatable bonds is 3. The number of piperazine rings is 1. The molecule has 1 aliphatic rings. The first-order valence-electron chi connectivity index (χ1n) is 6.75. The van der Waals surface area contributed by atoms with Crippen molar-refractivity contribution in [2.45, 2.75) is 32.9 Å². The number of nitrogens with zero attached hydrogens (tertiary/aromatic N) is 2. The summed E-state index contributed by atoms with van der Waals surface area (Å²) in [6.45, 7) is 11.6. The van der Waals surface area contributed by atoms with Gasteiger partial charge in [0.05, 0.1) is 0 Å². The van der Waals surface area contributed by atoms with E-state index in [4.69, 9.17) is 0 Å². The fourth-order valence-corrected chi connectivity index (χ4v) is 2.68. The van der Waals surface area contributed by atoms with Crippen molar-refractivity contribution in [2.75, 3.05) is 26.2 Å². The predicted octanol–water partition coefficient (Wildman–Crippen LogP) is 2.77. The van der Waals surface area contributed by atoms with Gasteiger partial charge in [-0.1, -0.05) is 37.3 Å². The molecular weight excluding hydrogens is 208 g/mol. The SMILES string of the molecule is CCN1CCN(C(C)C)CC1c1ccccc1. The van der Waals surface area contributed by atoms with Gasteiger partial charge < -0.3 is 0 Å². The molecule has 0 aliphatic carbocycles. The van der Waals surface area contributed by atoms with E-state index < -0.39 is 0 Å². The number of hydrogen-bond acceptors (Lipinski definition) is 2. The van der Waals surface area contributed by atoms with Gasteiger partial charge in [0, 0.05) is 31.7 Å². The molecule has 1 atom stereocenters. The van der Waals surface area contributed by atoms with Gasteiger partial charge in [0.15, 0.2) is 0 Å². The zero-order valence-electron chi connectivity index (χ0n) is 11.3. The highest BCUT2D eigenvalue weighted by molar-refractivity contribution is 5.20. The van der Waals surface area contributed by atoms with Crippen LogP contribution in [0.3, 0.4) is 0 Å². The molecule has 17 heavy (non-hydrogen) atoms. The number of likely N-dealkylation sites (N-methyl/N-ethyl adjacent to an activating group) is 1. The fraction of sp³-hybridized carbons (Fsp3) is 0.600. The van der Waals surface area contributed by atoms with E-state index >= 15 is 0 Å². The van der Waals surface area contributed by atoms with Crippen molar-refractivity contribution in [2.24, 2.45) is 0 Å². The number of benzene rings is 1. The van der Waals surface area contributed by atoms with Gasteiger partial charge in [0.25, 0.3) is 0 Å². The lowest BCUT2D eigenvalue weighted by molar-refractivity contribution is 0.0598. The predicted molar refractivity (Wildman–Crippen MR) is 73.1 cm³/mol. The minimum absolute atomic E-state index is 0.567. The van der Waals surface area contributed by atoms with Gasteiger partial charge in [0.2, 0.25) is 0 Å². The Balaban J connectivity index is 2.16. The molecule has 0 bridgehead atoms. The van der Waals surface area contributed by atoms with Crippen LogP contribution in [0.2, 0.25) is 0 Å². The Morgan fingerprint density at radius 1 is 1.18 bits per heavy atom. The molecule has 94 valence electrons. The Kier molecular flexibility index (Phi) is 4.19. The standard InChI is InChI=1S/C15H24N2/c1-4-16-10-11-17(13(2)3)12-15(16)14-8-6-5-7-9-14/h5-9,13,15H,4,10-12H2,1-3H3. The van der Waals surface area contributed by atoms with E-state index in [1.165, 1.54) is 18.7 Å². The van der Waals surface area contributed by atoms with Gasteiger partial charge >= 0.3 is 0 Å². The molecule has 2 heteroatoms. The van der Waals surface area contributed by atoms with Crippen LogP contribution in [-0.4, -0.2) is 42.0 Å². The molecule has 1 fully saturated rings. The van der Waals surface area contributed by atoms with Gasteiger partial charge in [-0.15, -0.1) is 0 Å². The molecule has 0 radical (unpaired) electrons. The maximum atomic E-state index is 2.59. The van der Waals surface area contributed by atoms with Crippen LogP contribution in [-0.2, 0) is 0 Å². The second-order valence-electron chi connectivity index (χ2n) is 5.14. The third kappa shape index (κ3) is 2.88. The molecule has 0 aromatic heterocycles.